The number of benzene rings is 2. The molecule has 0 aliphatic carbocycles. The first-order valence-electron chi connectivity index (χ1n) is 6.53. The van der Waals surface area contributed by atoms with E-state index < -0.39 is 11.5 Å². The third-order valence-electron chi connectivity index (χ3n) is 2.84. The molecule has 0 spiro atoms. The van der Waals surface area contributed by atoms with Gasteiger partial charge in [0.15, 0.2) is 5.60 Å². The van der Waals surface area contributed by atoms with Gasteiger partial charge >= 0.3 is 0 Å². The van der Waals surface area contributed by atoms with Gasteiger partial charge in [0.2, 0.25) is 0 Å². The van der Waals surface area contributed by atoms with Crippen LogP contribution in [0.5, 0.6) is 5.75 Å². The Morgan fingerprint density at radius 1 is 0.952 bits per heavy atom. The van der Waals surface area contributed by atoms with Crippen molar-refractivity contribution in [3.63, 3.8) is 0 Å². The normalized spacial score (nSPS) is 11.5. The summed E-state index contributed by atoms with van der Waals surface area (Å²) in [4.78, 5) is 11.2. The van der Waals surface area contributed by atoms with Crippen LogP contribution in [0, 0.1) is 0 Å². The van der Waals surface area contributed by atoms with Crippen molar-refractivity contribution >= 4 is 17.3 Å². The maximum Gasteiger partial charge on any atom is 0.261 e. The Balaban J connectivity index is 2.06. The Morgan fingerprint density at radius 2 is 1.48 bits per heavy atom. The molecule has 0 aromatic heterocycles. The number of primary amides is 1. The third kappa shape index (κ3) is 4.14. The zero-order valence-electron chi connectivity index (χ0n) is 12.0. The molecule has 0 unspecified atom stereocenters. The molecule has 0 radical (unpaired) electrons. The van der Waals surface area contributed by atoms with Crippen molar-refractivity contribution in [3.05, 3.63) is 54.6 Å². The van der Waals surface area contributed by atoms with Gasteiger partial charge in [-0.15, -0.1) is 0 Å². The smallest absolute Gasteiger partial charge is 0.261 e. The van der Waals surface area contributed by atoms with E-state index in [-0.39, 0.29) is 0 Å². The highest BCUT2D eigenvalue weighted by molar-refractivity contribution is 5.82. The van der Waals surface area contributed by atoms with Gasteiger partial charge in [0, 0.05) is 0 Å². The summed E-state index contributed by atoms with van der Waals surface area (Å²) in [6.07, 6.45) is 0. The number of nitrogens with two attached hydrogens (primary N) is 1. The summed E-state index contributed by atoms with van der Waals surface area (Å²) < 4.78 is 5.53. The molecule has 108 valence electrons. The largest absolute Gasteiger partial charge is 0.478 e. The fourth-order valence-corrected chi connectivity index (χ4v) is 1.54. The van der Waals surface area contributed by atoms with Crippen LogP contribution >= 0.6 is 0 Å². The number of hydrogen-bond donors (Lipinski definition) is 1. The number of hydrogen-bond acceptors (Lipinski definition) is 4. The number of amides is 1. The van der Waals surface area contributed by atoms with Gasteiger partial charge in [-0.25, -0.2) is 0 Å². The fraction of sp³-hybridized carbons (Fsp3) is 0.188. The lowest BCUT2D eigenvalue weighted by Gasteiger charge is -2.22. The molecule has 2 N–H and O–H groups in total. The molecule has 0 atom stereocenters. The molecule has 5 heteroatoms. The van der Waals surface area contributed by atoms with Gasteiger partial charge in [-0.2, -0.15) is 10.2 Å². The van der Waals surface area contributed by atoms with Gasteiger partial charge in [0.1, 0.15) is 5.75 Å². The molecule has 21 heavy (non-hydrogen) atoms. The molecule has 0 saturated heterocycles. The summed E-state index contributed by atoms with van der Waals surface area (Å²) in [6, 6.07) is 16.4. The van der Waals surface area contributed by atoms with Crippen LogP contribution in [0.3, 0.4) is 0 Å². The van der Waals surface area contributed by atoms with E-state index in [1.807, 2.05) is 30.3 Å². The first kappa shape index (κ1) is 14.7. The van der Waals surface area contributed by atoms with Crippen molar-refractivity contribution < 1.29 is 9.53 Å². The molecule has 2 aromatic carbocycles. The van der Waals surface area contributed by atoms with Crippen LogP contribution in [0.4, 0.5) is 11.4 Å². The van der Waals surface area contributed by atoms with E-state index >= 15 is 0 Å². The van der Waals surface area contributed by atoms with Crippen LogP contribution in [0.15, 0.2) is 64.8 Å². The topological polar surface area (TPSA) is 77.0 Å². The maximum absolute atomic E-state index is 11.2. The zero-order chi connectivity index (χ0) is 15.3. The van der Waals surface area contributed by atoms with Gasteiger partial charge in [0.25, 0.3) is 5.91 Å². The number of carbonyl (C=O) groups excluding carboxylic acids is 1. The average molecular weight is 283 g/mol. The molecule has 0 fully saturated rings. The molecule has 0 bridgehead atoms. The first-order chi connectivity index (χ1) is 9.97. The van der Waals surface area contributed by atoms with Crippen molar-refractivity contribution in [1.29, 1.82) is 0 Å². The summed E-state index contributed by atoms with van der Waals surface area (Å²) in [7, 11) is 0. The van der Waals surface area contributed by atoms with Gasteiger partial charge in [0.05, 0.1) is 11.4 Å². The minimum Gasteiger partial charge on any atom is -0.478 e. The summed E-state index contributed by atoms with van der Waals surface area (Å²) in [5, 5.41) is 8.25. The van der Waals surface area contributed by atoms with E-state index in [2.05, 4.69) is 10.2 Å². The number of rotatable bonds is 5. The minimum absolute atomic E-state index is 0.518. The molecular formula is C16H17N3O2. The lowest BCUT2D eigenvalue weighted by atomic mass is 10.1. The SMILES string of the molecule is CC(C)(Oc1ccc(N=Nc2ccccc2)cc1)C(N)=O. The molecule has 0 aliphatic rings. The molecule has 5 nitrogen and oxygen atoms in total. The van der Waals surface area contributed by atoms with Crippen molar-refractivity contribution in [2.24, 2.45) is 16.0 Å². The highest BCUT2D eigenvalue weighted by Gasteiger charge is 2.26. The van der Waals surface area contributed by atoms with Crippen LogP contribution < -0.4 is 10.5 Å². The van der Waals surface area contributed by atoms with Gasteiger partial charge in [-0.1, -0.05) is 18.2 Å². The van der Waals surface area contributed by atoms with E-state index in [1.54, 1.807) is 38.1 Å². The molecular weight excluding hydrogens is 266 g/mol. The quantitative estimate of drug-likeness (QED) is 0.848. The van der Waals surface area contributed by atoms with E-state index in [1.165, 1.54) is 0 Å². The Morgan fingerprint density at radius 3 is 2.00 bits per heavy atom. The molecule has 2 aromatic rings. The van der Waals surface area contributed by atoms with E-state index in [0.717, 1.165) is 5.69 Å². The summed E-state index contributed by atoms with van der Waals surface area (Å²) >= 11 is 0. The lowest BCUT2D eigenvalue weighted by molar-refractivity contribution is -0.130. The fourth-order valence-electron chi connectivity index (χ4n) is 1.54. The van der Waals surface area contributed by atoms with Crippen molar-refractivity contribution in [1.82, 2.24) is 0 Å². The van der Waals surface area contributed by atoms with Crippen molar-refractivity contribution in [2.75, 3.05) is 0 Å². The first-order valence-corrected chi connectivity index (χ1v) is 6.53. The van der Waals surface area contributed by atoms with Crippen molar-refractivity contribution in [2.45, 2.75) is 19.4 Å². The number of ether oxygens (including phenoxy) is 1. The summed E-state index contributed by atoms with van der Waals surface area (Å²) in [6.45, 7) is 3.25. The van der Waals surface area contributed by atoms with E-state index in [9.17, 15) is 4.79 Å². The third-order valence-corrected chi connectivity index (χ3v) is 2.84. The predicted octanol–water partition coefficient (Wildman–Crippen LogP) is 3.74. The highest BCUT2D eigenvalue weighted by atomic mass is 16.5. The van der Waals surface area contributed by atoms with Crippen LogP contribution in [-0.2, 0) is 4.79 Å². The Kier molecular flexibility index (Phi) is 4.33. The molecule has 2 rings (SSSR count). The monoisotopic (exact) mass is 283 g/mol. The minimum atomic E-state index is -1.05. The van der Waals surface area contributed by atoms with Gasteiger partial charge < -0.3 is 10.5 Å². The van der Waals surface area contributed by atoms with Crippen LogP contribution in [0.25, 0.3) is 0 Å². The Labute approximate surface area is 123 Å². The van der Waals surface area contributed by atoms with E-state index in [4.69, 9.17) is 10.5 Å². The predicted molar refractivity (Wildman–Crippen MR) is 81.0 cm³/mol. The standard InChI is InChI=1S/C16H17N3O2/c1-16(2,15(17)20)21-14-10-8-13(9-11-14)19-18-12-6-4-3-5-7-12/h3-11H,1-2H3,(H2,17,20). The second-order valence-electron chi connectivity index (χ2n) is 5.01. The Hall–Kier alpha value is -2.69. The van der Waals surface area contributed by atoms with Crippen LogP contribution in [0.2, 0.25) is 0 Å². The second kappa shape index (κ2) is 6.17. The van der Waals surface area contributed by atoms with Crippen LogP contribution in [0.1, 0.15) is 13.8 Å². The Bertz CT molecular complexity index is 634. The lowest BCUT2D eigenvalue weighted by Crippen LogP contribution is -2.43. The molecule has 1 amide bonds. The number of carbonyl (C=O) groups is 1. The highest BCUT2D eigenvalue weighted by Crippen LogP contribution is 2.23. The average Bonchev–Trinajstić information content (AvgIpc) is 2.47. The second-order valence-corrected chi connectivity index (χ2v) is 5.01. The zero-order valence-corrected chi connectivity index (χ0v) is 12.0. The number of azo groups is 1. The molecule has 0 saturated carbocycles. The van der Waals surface area contributed by atoms with Gasteiger partial charge in [-0.3, -0.25) is 4.79 Å². The van der Waals surface area contributed by atoms with Crippen molar-refractivity contribution in [3.8, 4) is 5.75 Å². The summed E-state index contributed by atoms with van der Waals surface area (Å²) in [5.41, 5.74) is 5.70. The molecule has 0 aliphatic heterocycles. The van der Waals surface area contributed by atoms with Crippen LogP contribution in [-0.4, -0.2) is 11.5 Å². The maximum atomic E-state index is 11.2. The van der Waals surface area contributed by atoms with Gasteiger partial charge in [-0.05, 0) is 50.2 Å². The summed E-state index contributed by atoms with van der Waals surface area (Å²) in [5.74, 6) is 0.0350. The number of nitrogens with zero attached hydrogens (tertiary/aromatic N) is 2. The van der Waals surface area contributed by atoms with E-state index in [0.29, 0.717) is 11.4 Å². The molecule has 0 heterocycles.